The van der Waals surface area contributed by atoms with Crippen molar-refractivity contribution in [3.05, 3.63) is 5.82 Å². The molecule has 2 aliphatic rings. The summed E-state index contributed by atoms with van der Waals surface area (Å²) in [6.45, 7) is 12.1. The second-order valence-corrected chi connectivity index (χ2v) is 7.78. The molecule has 3 rings (SSSR count). The third kappa shape index (κ3) is 4.46. The van der Waals surface area contributed by atoms with E-state index in [4.69, 9.17) is 0 Å². The van der Waals surface area contributed by atoms with Gasteiger partial charge in [0.15, 0.2) is 5.82 Å². The van der Waals surface area contributed by atoms with Crippen molar-refractivity contribution in [3.63, 3.8) is 0 Å². The molecule has 0 spiro atoms. The Bertz CT molecular complexity index is 489. The Morgan fingerprint density at radius 2 is 1.71 bits per heavy atom. The molecule has 6 nitrogen and oxygen atoms in total. The lowest BCUT2D eigenvalue weighted by Gasteiger charge is -2.40. The maximum atomic E-state index is 4.28. The fourth-order valence-corrected chi connectivity index (χ4v) is 3.86. The van der Waals surface area contributed by atoms with Crippen LogP contribution in [0.15, 0.2) is 0 Å². The number of piperazine rings is 1. The maximum Gasteiger partial charge on any atom is 0.165 e. The van der Waals surface area contributed by atoms with E-state index in [1.165, 1.54) is 45.2 Å². The molecule has 0 bridgehead atoms. The Kier molecular flexibility index (Phi) is 7.01. The zero-order valence-electron chi connectivity index (χ0n) is 15.4. The van der Waals surface area contributed by atoms with E-state index in [1.807, 2.05) is 4.68 Å². The Hall–Kier alpha value is -0.720. The van der Waals surface area contributed by atoms with Crippen LogP contribution in [0.3, 0.4) is 0 Å². The Morgan fingerprint density at radius 1 is 1.04 bits per heavy atom. The van der Waals surface area contributed by atoms with Crippen LogP contribution in [0, 0.1) is 0 Å². The molecule has 1 aliphatic heterocycles. The van der Waals surface area contributed by atoms with Crippen LogP contribution >= 0.6 is 12.4 Å². The lowest BCUT2D eigenvalue weighted by atomic mass is 9.94. The molecule has 1 aromatic rings. The molecule has 1 saturated carbocycles. The first kappa shape index (κ1) is 19.6. The van der Waals surface area contributed by atoms with Gasteiger partial charge in [-0.05, 0) is 43.5 Å². The van der Waals surface area contributed by atoms with Crippen molar-refractivity contribution in [2.24, 2.45) is 0 Å². The minimum atomic E-state index is -0.0112. The molecule has 1 aliphatic carbocycles. The van der Waals surface area contributed by atoms with E-state index in [-0.39, 0.29) is 17.9 Å². The Balaban J connectivity index is 0.00000208. The monoisotopic (exact) mass is 356 g/mol. The van der Waals surface area contributed by atoms with Crippen LogP contribution in [-0.2, 0) is 12.1 Å². The van der Waals surface area contributed by atoms with Crippen LogP contribution in [0.25, 0.3) is 0 Å². The van der Waals surface area contributed by atoms with E-state index in [0.29, 0.717) is 0 Å². The number of nitrogens with zero attached hydrogens (tertiary/aromatic N) is 6. The molecule has 0 N–H and O–H groups in total. The lowest BCUT2D eigenvalue weighted by Crippen LogP contribution is -2.50. The van der Waals surface area contributed by atoms with E-state index >= 15 is 0 Å². The smallest absolute Gasteiger partial charge is 0.165 e. The highest BCUT2D eigenvalue weighted by atomic mass is 35.5. The molecule has 24 heavy (non-hydrogen) atoms. The molecule has 1 aromatic heterocycles. The van der Waals surface area contributed by atoms with Crippen molar-refractivity contribution >= 4 is 12.4 Å². The van der Waals surface area contributed by atoms with E-state index in [9.17, 15) is 0 Å². The van der Waals surface area contributed by atoms with Crippen LogP contribution in [0.4, 0.5) is 0 Å². The van der Waals surface area contributed by atoms with E-state index < -0.39 is 0 Å². The molecular formula is C17H33ClN6. The van der Waals surface area contributed by atoms with Crippen LogP contribution < -0.4 is 0 Å². The Labute approximate surface area is 152 Å². The SMILES string of the molecule is CCC(C)(C)n1nnnc1CN1CCN(C2CCCCC2)CC1.Cl. The van der Waals surface area contributed by atoms with E-state index in [0.717, 1.165) is 37.9 Å². The quantitative estimate of drug-likeness (QED) is 0.811. The fraction of sp³-hybridized carbons (Fsp3) is 0.941. The van der Waals surface area contributed by atoms with Gasteiger partial charge >= 0.3 is 0 Å². The van der Waals surface area contributed by atoms with Gasteiger partial charge in [-0.3, -0.25) is 9.80 Å². The van der Waals surface area contributed by atoms with Gasteiger partial charge in [0, 0.05) is 32.2 Å². The summed E-state index contributed by atoms with van der Waals surface area (Å²) >= 11 is 0. The summed E-state index contributed by atoms with van der Waals surface area (Å²) in [5, 5.41) is 12.4. The van der Waals surface area contributed by atoms with Crippen LogP contribution in [0.5, 0.6) is 0 Å². The first-order valence-corrected chi connectivity index (χ1v) is 9.34. The summed E-state index contributed by atoms with van der Waals surface area (Å²) in [7, 11) is 0. The number of halogens is 1. The molecule has 0 aromatic carbocycles. The summed E-state index contributed by atoms with van der Waals surface area (Å²) in [6, 6.07) is 0.843. The second-order valence-electron chi connectivity index (χ2n) is 7.78. The summed E-state index contributed by atoms with van der Waals surface area (Å²) in [6.07, 6.45) is 8.12. The van der Waals surface area contributed by atoms with Gasteiger partial charge in [0.2, 0.25) is 0 Å². The van der Waals surface area contributed by atoms with Gasteiger partial charge in [-0.25, -0.2) is 4.68 Å². The van der Waals surface area contributed by atoms with Crippen molar-refractivity contribution in [3.8, 4) is 0 Å². The van der Waals surface area contributed by atoms with Gasteiger partial charge in [0.05, 0.1) is 12.1 Å². The molecule has 2 heterocycles. The predicted molar refractivity (Wildman–Crippen MR) is 98.4 cm³/mol. The zero-order chi connectivity index (χ0) is 16.3. The third-order valence-electron chi connectivity index (χ3n) is 5.84. The average Bonchev–Trinajstić information content (AvgIpc) is 3.05. The molecule has 2 fully saturated rings. The molecular weight excluding hydrogens is 324 g/mol. The van der Waals surface area contributed by atoms with Crippen molar-refractivity contribution in [1.29, 1.82) is 0 Å². The summed E-state index contributed by atoms with van der Waals surface area (Å²) in [5.74, 6) is 1.00. The summed E-state index contributed by atoms with van der Waals surface area (Å²) in [4.78, 5) is 5.22. The largest absolute Gasteiger partial charge is 0.298 e. The maximum absolute atomic E-state index is 4.28. The highest BCUT2D eigenvalue weighted by Gasteiger charge is 2.28. The molecule has 0 unspecified atom stereocenters. The Morgan fingerprint density at radius 3 is 2.33 bits per heavy atom. The zero-order valence-corrected chi connectivity index (χ0v) is 16.3. The van der Waals surface area contributed by atoms with Gasteiger partial charge < -0.3 is 0 Å². The molecule has 7 heteroatoms. The molecule has 0 atom stereocenters. The van der Waals surface area contributed by atoms with E-state index in [2.05, 4.69) is 46.1 Å². The molecule has 0 amide bonds. The van der Waals surface area contributed by atoms with Gasteiger partial charge in [-0.15, -0.1) is 17.5 Å². The number of hydrogen-bond acceptors (Lipinski definition) is 5. The van der Waals surface area contributed by atoms with Crippen molar-refractivity contribution in [2.75, 3.05) is 26.2 Å². The minimum Gasteiger partial charge on any atom is -0.298 e. The average molecular weight is 357 g/mol. The number of tetrazole rings is 1. The normalized spacial score (nSPS) is 21.6. The second kappa shape index (κ2) is 8.59. The number of rotatable bonds is 5. The topological polar surface area (TPSA) is 50.1 Å². The minimum absolute atomic E-state index is 0. The van der Waals surface area contributed by atoms with Crippen molar-refractivity contribution in [2.45, 2.75) is 77.4 Å². The number of hydrogen-bond donors (Lipinski definition) is 0. The lowest BCUT2D eigenvalue weighted by molar-refractivity contribution is 0.0724. The predicted octanol–water partition coefficient (Wildman–Crippen LogP) is 2.69. The van der Waals surface area contributed by atoms with Gasteiger partial charge in [-0.1, -0.05) is 26.2 Å². The highest BCUT2D eigenvalue weighted by Crippen LogP contribution is 2.24. The first-order valence-electron chi connectivity index (χ1n) is 9.34. The first-order chi connectivity index (χ1) is 11.1. The molecule has 0 radical (unpaired) electrons. The number of aromatic nitrogens is 4. The highest BCUT2D eigenvalue weighted by molar-refractivity contribution is 5.85. The van der Waals surface area contributed by atoms with Crippen molar-refractivity contribution in [1.82, 2.24) is 30.0 Å². The molecule has 138 valence electrons. The standard InChI is InChI=1S/C17H32N6.ClH/c1-4-17(2,3)23-16(18-19-20-23)14-21-10-12-22(13-11-21)15-8-6-5-7-9-15;/h15H,4-14H2,1-3H3;1H. The van der Waals surface area contributed by atoms with Crippen LogP contribution in [0.2, 0.25) is 0 Å². The molecule has 1 saturated heterocycles. The summed E-state index contributed by atoms with van der Waals surface area (Å²) in [5.41, 5.74) is -0.0112. The fourth-order valence-electron chi connectivity index (χ4n) is 3.86. The third-order valence-corrected chi connectivity index (χ3v) is 5.84. The van der Waals surface area contributed by atoms with E-state index in [1.54, 1.807) is 0 Å². The van der Waals surface area contributed by atoms with Crippen molar-refractivity contribution < 1.29 is 0 Å². The summed E-state index contributed by atoms with van der Waals surface area (Å²) < 4.78 is 2.01. The van der Waals surface area contributed by atoms with Gasteiger partial charge in [0.1, 0.15) is 0 Å². The van der Waals surface area contributed by atoms with Gasteiger partial charge in [-0.2, -0.15) is 0 Å². The van der Waals surface area contributed by atoms with Gasteiger partial charge in [0.25, 0.3) is 0 Å². The van der Waals surface area contributed by atoms with Crippen LogP contribution in [0.1, 0.15) is 65.1 Å². The van der Waals surface area contributed by atoms with Crippen LogP contribution in [-0.4, -0.2) is 62.2 Å².